The van der Waals surface area contributed by atoms with Crippen LogP contribution in [0.2, 0.25) is 0 Å². The molecule has 0 aliphatic rings. The minimum atomic E-state index is -3.89. The van der Waals surface area contributed by atoms with Gasteiger partial charge in [0.2, 0.25) is 0 Å². The SMILES string of the molecule is CCC(S)S(=O)(=O)O.[H-].[Na+]. The first-order valence-corrected chi connectivity index (χ1v) is 4.14. The summed E-state index contributed by atoms with van der Waals surface area (Å²) in [5.41, 5.74) is 0. The zero-order valence-electron chi connectivity index (χ0n) is 6.40. The van der Waals surface area contributed by atoms with Crippen LogP contribution in [-0.2, 0) is 10.1 Å². The van der Waals surface area contributed by atoms with Crippen molar-refractivity contribution in [2.45, 2.75) is 17.9 Å². The van der Waals surface area contributed by atoms with Gasteiger partial charge in [0.15, 0.2) is 0 Å². The van der Waals surface area contributed by atoms with Gasteiger partial charge in [-0.05, 0) is 6.42 Å². The average molecular weight is 180 g/mol. The molecule has 1 N–H and O–H groups in total. The van der Waals surface area contributed by atoms with E-state index in [1.807, 2.05) is 0 Å². The molecule has 6 heteroatoms. The first-order valence-electron chi connectivity index (χ1n) is 2.13. The Kier molecular flexibility index (Phi) is 7.14. The third-order valence-electron chi connectivity index (χ3n) is 0.693. The summed E-state index contributed by atoms with van der Waals surface area (Å²) in [4.78, 5) is 0. The molecule has 0 aromatic carbocycles. The molecule has 0 radical (unpaired) electrons. The Bertz CT molecular complexity index is 157. The summed E-state index contributed by atoms with van der Waals surface area (Å²) >= 11 is 3.57. The van der Waals surface area contributed by atoms with Crippen molar-refractivity contribution in [3.05, 3.63) is 0 Å². The molecule has 3 nitrogen and oxygen atoms in total. The summed E-state index contributed by atoms with van der Waals surface area (Å²) in [6.45, 7) is 1.63. The molecular weight excluding hydrogens is 171 g/mol. The monoisotopic (exact) mass is 180 g/mol. The Morgan fingerprint density at radius 2 is 2.11 bits per heavy atom. The molecule has 0 saturated heterocycles. The molecular formula is C3H9NaO3S2. The fourth-order valence-electron chi connectivity index (χ4n) is 0.211. The molecule has 0 fully saturated rings. The molecule has 1 unspecified atom stereocenters. The number of hydrogen-bond acceptors (Lipinski definition) is 3. The van der Waals surface area contributed by atoms with Crippen LogP contribution < -0.4 is 29.6 Å². The van der Waals surface area contributed by atoms with Crippen molar-refractivity contribution in [3.63, 3.8) is 0 Å². The third-order valence-corrected chi connectivity index (χ3v) is 2.88. The molecule has 0 aromatic rings. The quantitative estimate of drug-likeness (QED) is 0.284. The first kappa shape index (κ1) is 12.9. The van der Waals surface area contributed by atoms with Crippen LogP contribution >= 0.6 is 12.6 Å². The van der Waals surface area contributed by atoms with E-state index >= 15 is 0 Å². The molecule has 0 spiro atoms. The molecule has 52 valence electrons. The van der Waals surface area contributed by atoms with Crippen molar-refractivity contribution in [3.8, 4) is 0 Å². The molecule has 0 bridgehead atoms. The second-order valence-electron chi connectivity index (χ2n) is 1.38. The van der Waals surface area contributed by atoms with Gasteiger partial charge in [-0.3, -0.25) is 4.55 Å². The Labute approximate surface area is 84.2 Å². The predicted molar refractivity (Wildman–Crippen MR) is 35.7 cm³/mol. The van der Waals surface area contributed by atoms with E-state index < -0.39 is 14.7 Å². The minimum absolute atomic E-state index is 0. The molecule has 0 saturated carbocycles. The fourth-order valence-corrected chi connectivity index (χ4v) is 0.632. The third kappa shape index (κ3) is 5.69. The van der Waals surface area contributed by atoms with E-state index in [4.69, 9.17) is 4.55 Å². The molecule has 1 atom stereocenters. The van der Waals surface area contributed by atoms with E-state index in [0.29, 0.717) is 6.42 Å². The van der Waals surface area contributed by atoms with Crippen molar-refractivity contribution in [1.29, 1.82) is 0 Å². The average Bonchev–Trinajstić information content (AvgIpc) is 1.62. The maximum Gasteiger partial charge on any atom is 1.00 e. The molecule has 0 aliphatic heterocycles. The Morgan fingerprint density at radius 3 is 2.11 bits per heavy atom. The van der Waals surface area contributed by atoms with Gasteiger partial charge in [-0.25, -0.2) is 0 Å². The van der Waals surface area contributed by atoms with Crippen LogP contribution in [-0.4, -0.2) is 17.6 Å². The normalized spacial score (nSPS) is 14.1. The summed E-state index contributed by atoms with van der Waals surface area (Å²) in [6.07, 6.45) is 0.321. The van der Waals surface area contributed by atoms with Crippen molar-refractivity contribution in [1.82, 2.24) is 0 Å². The van der Waals surface area contributed by atoms with Crippen LogP contribution in [0.25, 0.3) is 0 Å². The second-order valence-corrected chi connectivity index (χ2v) is 3.95. The van der Waals surface area contributed by atoms with Gasteiger partial charge in [0.1, 0.15) is 4.58 Å². The Morgan fingerprint density at radius 1 is 1.78 bits per heavy atom. The van der Waals surface area contributed by atoms with Crippen LogP contribution in [0.15, 0.2) is 0 Å². The first-order chi connectivity index (χ1) is 3.48. The van der Waals surface area contributed by atoms with E-state index in [-0.39, 0.29) is 31.0 Å². The topological polar surface area (TPSA) is 54.4 Å². The number of rotatable bonds is 2. The van der Waals surface area contributed by atoms with Crippen molar-refractivity contribution in [2.75, 3.05) is 0 Å². The molecule has 0 rings (SSSR count). The standard InChI is InChI=1S/C3H8O3S2.Na.H/c1-2-3(7)8(4,5)6;;/h3,7H,2H2,1H3,(H,4,5,6);;/q;+1;-1. The molecule has 0 heterocycles. The smallest absolute Gasteiger partial charge is 1.00 e. The van der Waals surface area contributed by atoms with Crippen LogP contribution in [0.1, 0.15) is 14.8 Å². The van der Waals surface area contributed by atoms with Crippen LogP contribution in [0.3, 0.4) is 0 Å². The molecule has 0 amide bonds. The van der Waals surface area contributed by atoms with Crippen molar-refractivity contribution in [2.24, 2.45) is 0 Å². The Balaban J connectivity index is -0.000000245. The van der Waals surface area contributed by atoms with E-state index in [0.717, 1.165) is 0 Å². The van der Waals surface area contributed by atoms with Gasteiger partial charge in [-0.2, -0.15) is 21.0 Å². The number of hydrogen-bond donors (Lipinski definition) is 2. The maximum absolute atomic E-state index is 10.0. The summed E-state index contributed by atoms with van der Waals surface area (Å²) in [5, 5.41) is 0. The van der Waals surface area contributed by atoms with E-state index in [1.165, 1.54) is 0 Å². The molecule has 0 aromatic heterocycles. The summed E-state index contributed by atoms with van der Waals surface area (Å²) in [5.74, 6) is 0. The number of thiol groups is 1. The van der Waals surface area contributed by atoms with E-state index in [1.54, 1.807) is 6.92 Å². The van der Waals surface area contributed by atoms with E-state index in [9.17, 15) is 8.42 Å². The Hall–Kier alpha value is 1.26. The van der Waals surface area contributed by atoms with Gasteiger partial charge >= 0.3 is 29.6 Å². The van der Waals surface area contributed by atoms with Gasteiger partial charge in [0.05, 0.1) is 0 Å². The fraction of sp³-hybridized carbons (Fsp3) is 1.00. The minimum Gasteiger partial charge on any atom is -1.00 e. The zero-order valence-corrected chi connectivity index (χ0v) is 9.11. The molecule has 9 heavy (non-hydrogen) atoms. The summed E-state index contributed by atoms with van der Waals surface area (Å²) < 4.78 is 27.3. The van der Waals surface area contributed by atoms with Crippen molar-refractivity contribution >= 4 is 22.7 Å². The summed E-state index contributed by atoms with van der Waals surface area (Å²) in [6, 6.07) is 0. The maximum atomic E-state index is 10.0. The van der Waals surface area contributed by atoms with Gasteiger partial charge in [-0.1, -0.05) is 6.92 Å². The van der Waals surface area contributed by atoms with Gasteiger partial charge in [0, 0.05) is 0 Å². The second kappa shape index (κ2) is 4.98. The zero-order chi connectivity index (χ0) is 6.78. The van der Waals surface area contributed by atoms with Gasteiger partial charge in [-0.15, -0.1) is 0 Å². The summed E-state index contributed by atoms with van der Waals surface area (Å²) in [7, 11) is -3.89. The van der Waals surface area contributed by atoms with Crippen LogP contribution in [0.5, 0.6) is 0 Å². The van der Waals surface area contributed by atoms with E-state index in [2.05, 4.69) is 12.6 Å². The van der Waals surface area contributed by atoms with Crippen LogP contribution in [0.4, 0.5) is 0 Å². The largest absolute Gasteiger partial charge is 1.00 e. The van der Waals surface area contributed by atoms with Gasteiger partial charge < -0.3 is 1.43 Å². The predicted octanol–water partition coefficient (Wildman–Crippen LogP) is -2.34. The van der Waals surface area contributed by atoms with Crippen molar-refractivity contribution < 1.29 is 44.0 Å². The molecule has 0 aliphatic carbocycles. The van der Waals surface area contributed by atoms with Gasteiger partial charge in [0.25, 0.3) is 10.1 Å². The van der Waals surface area contributed by atoms with Crippen LogP contribution in [0, 0.1) is 0 Å².